The van der Waals surface area contributed by atoms with Gasteiger partial charge in [0, 0.05) is 6.54 Å². The minimum Gasteiger partial charge on any atom is -0.468 e. The van der Waals surface area contributed by atoms with Crippen LogP contribution in [0.2, 0.25) is 0 Å². The summed E-state index contributed by atoms with van der Waals surface area (Å²) in [7, 11) is 3.92. The van der Waals surface area contributed by atoms with Crippen molar-refractivity contribution in [2.75, 3.05) is 27.9 Å². The van der Waals surface area contributed by atoms with Gasteiger partial charge in [0.15, 0.2) is 0 Å². The van der Waals surface area contributed by atoms with Crippen LogP contribution in [-0.4, -0.2) is 51.8 Å². The Morgan fingerprint density at radius 1 is 0.900 bits per heavy atom. The molecule has 2 aromatic rings. The second-order valence-corrected chi connectivity index (χ2v) is 6.42. The Balaban J connectivity index is 2.17. The zero-order chi connectivity index (χ0) is 21.9. The summed E-state index contributed by atoms with van der Waals surface area (Å²) in [4.78, 5) is 36.0. The van der Waals surface area contributed by atoms with Crippen LogP contribution in [0.25, 0.3) is 6.08 Å². The molecular weight excluding hydrogens is 386 g/mol. The quantitative estimate of drug-likeness (QED) is 0.385. The van der Waals surface area contributed by atoms with Gasteiger partial charge >= 0.3 is 17.9 Å². The maximum absolute atomic E-state index is 12.2. The number of carbonyl (C=O) groups excluding carboxylic acids is 3. The zero-order valence-electron chi connectivity index (χ0n) is 17.2. The smallest absolute Gasteiger partial charge is 0.337 e. The number of rotatable bonds is 9. The fourth-order valence-corrected chi connectivity index (χ4v) is 2.81. The molecule has 0 saturated heterocycles. The SMILES string of the molecule is COC(=O)/C(=C/c1ccc(C(=O)OC)cc1)CNC(Cc1ccccc1)C(=O)OC. The number of nitrogens with one attached hydrogen (secondary N) is 1. The van der Waals surface area contributed by atoms with Gasteiger partial charge in [-0.15, -0.1) is 0 Å². The topological polar surface area (TPSA) is 90.9 Å². The molecule has 0 amide bonds. The van der Waals surface area contributed by atoms with Gasteiger partial charge in [0.25, 0.3) is 0 Å². The third kappa shape index (κ3) is 6.56. The molecule has 1 unspecified atom stereocenters. The maximum Gasteiger partial charge on any atom is 0.337 e. The second-order valence-electron chi connectivity index (χ2n) is 6.42. The van der Waals surface area contributed by atoms with E-state index in [9.17, 15) is 14.4 Å². The Hall–Kier alpha value is -3.45. The van der Waals surface area contributed by atoms with E-state index < -0.39 is 23.9 Å². The van der Waals surface area contributed by atoms with Crippen LogP contribution in [0.1, 0.15) is 21.5 Å². The first-order valence-corrected chi connectivity index (χ1v) is 9.31. The van der Waals surface area contributed by atoms with Crippen molar-refractivity contribution in [3.63, 3.8) is 0 Å². The summed E-state index contributed by atoms with van der Waals surface area (Å²) >= 11 is 0. The van der Waals surface area contributed by atoms with Crippen molar-refractivity contribution in [1.29, 1.82) is 0 Å². The minimum absolute atomic E-state index is 0.0953. The number of hydrogen-bond donors (Lipinski definition) is 1. The second kappa shape index (κ2) is 11.5. The van der Waals surface area contributed by atoms with E-state index in [4.69, 9.17) is 9.47 Å². The fraction of sp³-hybridized carbons (Fsp3) is 0.261. The lowest BCUT2D eigenvalue weighted by atomic mass is 10.0. The van der Waals surface area contributed by atoms with Gasteiger partial charge in [-0.05, 0) is 35.8 Å². The summed E-state index contributed by atoms with van der Waals surface area (Å²) in [5, 5.41) is 3.08. The molecule has 2 aromatic carbocycles. The van der Waals surface area contributed by atoms with Crippen LogP contribution < -0.4 is 5.32 Å². The third-order valence-electron chi connectivity index (χ3n) is 4.43. The fourth-order valence-electron chi connectivity index (χ4n) is 2.81. The number of esters is 3. The van der Waals surface area contributed by atoms with Gasteiger partial charge in [-0.3, -0.25) is 10.1 Å². The molecule has 0 aliphatic heterocycles. The molecule has 0 aliphatic carbocycles. The summed E-state index contributed by atoms with van der Waals surface area (Å²) in [6.45, 7) is 0.0953. The largest absolute Gasteiger partial charge is 0.468 e. The van der Waals surface area contributed by atoms with Crippen LogP contribution in [0.4, 0.5) is 0 Å². The van der Waals surface area contributed by atoms with E-state index in [1.807, 2.05) is 30.3 Å². The van der Waals surface area contributed by atoms with E-state index in [0.29, 0.717) is 23.1 Å². The molecule has 30 heavy (non-hydrogen) atoms. The van der Waals surface area contributed by atoms with Gasteiger partial charge in [0.2, 0.25) is 0 Å². The lowest BCUT2D eigenvalue weighted by molar-refractivity contribution is -0.143. The van der Waals surface area contributed by atoms with Crippen molar-refractivity contribution in [3.05, 3.63) is 76.9 Å². The van der Waals surface area contributed by atoms with Gasteiger partial charge in [0.1, 0.15) is 6.04 Å². The first-order valence-electron chi connectivity index (χ1n) is 9.31. The van der Waals surface area contributed by atoms with Crippen LogP contribution in [0, 0.1) is 0 Å². The predicted octanol–water partition coefficient (Wildman–Crippen LogP) is 2.40. The van der Waals surface area contributed by atoms with E-state index in [-0.39, 0.29) is 6.54 Å². The van der Waals surface area contributed by atoms with Crippen LogP contribution in [0.3, 0.4) is 0 Å². The van der Waals surface area contributed by atoms with Crippen molar-refractivity contribution < 1.29 is 28.6 Å². The van der Waals surface area contributed by atoms with Crippen molar-refractivity contribution >= 4 is 24.0 Å². The Kier molecular flexibility index (Phi) is 8.77. The molecule has 158 valence electrons. The van der Waals surface area contributed by atoms with Crippen molar-refractivity contribution in [2.24, 2.45) is 0 Å². The van der Waals surface area contributed by atoms with Crippen LogP contribution in [0.15, 0.2) is 60.2 Å². The summed E-state index contributed by atoms with van der Waals surface area (Å²) in [6, 6.07) is 15.5. The number of methoxy groups -OCH3 is 3. The van der Waals surface area contributed by atoms with Crippen molar-refractivity contribution in [1.82, 2.24) is 5.32 Å². The van der Waals surface area contributed by atoms with E-state index in [1.165, 1.54) is 21.3 Å². The van der Waals surface area contributed by atoms with Crippen molar-refractivity contribution in [3.8, 4) is 0 Å². The number of carbonyl (C=O) groups is 3. The molecule has 0 spiro atoms. The molecule has 7 nitrogen and oxygen atoms in total. The molecule has 2 rings (SSSR count). The molecule has 1 atom stereocenters. The highest BCUT2D eigenvalue weighted by Crippen LogP contribution is 2.12. The highest BCUT2D eigenvalue weighted by Gasteiger charge is 2.21. The summed E-state index contributed by atoms with van der Waals surface area (Å²) in [5.41, 5.74) is 2.39. The molecule has 7 heteroatoms. The first-order chi connectivity index (χ1) is 14.5. The average Bonchev–Trinajstić information content (AvgIpc) is 2.80. The summed E-state index contributed by atoms with van der Waals surface area (Å²) in [5.74, 6) is -1.39. The molecule has 1 N–H and O–H groups in total. The first kappa shape index (κ1) is 22.8. The van der Waals surface area contributed by atoms with E-state index >= 15 is 0 Å². The summed E-state index contributed by atoms with van der Waals surface area (Å²) < 4.78 is 14.4. The predicted molar refractivity (Wildman–Crippen MR) is 112 cm³/mol. The third-order valence-corrected chi connectivity index (χ3v) is 4.43. The molecule has 0 fully saturated rings. The zero-order valence-corrected chi connectivity index (χ0v) is 17.2. The highest BCUT2D eigenvalue weighted by molar-refractivity contribution is 5.94. The summed E-state index contributed by atoms with van der Waals surface area (Å²) in [6.07, 6.45) is 2.05. The van der Waals surface area contributed by atoms with E-state index in [1.54, 1.807) is 30.3 Å². The number of benzene rings is 2. The molecule has 0 aromatic heterocycles. The van der Waals surface area contributed by atoms with E-state index in [0.717, 1.165) is 5.56 Å². The van der Waals surface area contributed by atoms with Crippen LogP contribution in [-0.2, 0) is 30.2 Å². The van der Waals surface area contributed by atoms with Gasteiger partial charge in [-0.1, -0.05) is 42.5 Å². The average molecular weight is 411 g/mol. The van der Waals surface area contributed by atoms with E-state index in [2.05, 4.69) is 10.1 Å². The van der Waals surface area contributed by atoms with Crippen molar-refractivity contribution in [2.45, 2.75) is 12.5 Å². The number of hydrogen-bond acceptors (Lipinski definition) is 7. The normalized spacial score (nSPS) is 12.0. The Labute approximate surface area is 175 Å². The molecule has 0 radical (unpaired) electrons. The van der Waals surface area contributed by atoms with Gasteiger partial charge in [-0.25, -0.2) is 9.59 Å². The lowest BCUT2D eigenvalue weighted by Gasteiger charge is -2.17. The van der Waals surface area contributed by atoms with Gasteiger partial charge in [0.05, 0.1) is 32.5 Å². The maximum atomic E-state index is 12.2. The lowest BCUT2D eigenvalue weighted by Crippen LogP contribution is -2.41. The van der Waals surface area contributed by atoms with Crippen LogP contribution in [0.5, 0.6) is 0 Å². The Morgan fingerprint density at radius 3 is 2.13 bits per heavy atom. The molecule has 0 saturated carbocycles. The molecule has 0 aliphatic rings. The Morgan fingerprint density at radius 2 is 1.57 bits per heavy atom. The molecule has 0 bridgehead atoms. The minimum atomic E-state index is -0.632. The van der Waals surface area contributed by atoms with Crippen LogP contribution >= 0.6 is 0 Å². The standard InChI is InChI=1S/C23H25NO6/c1-28-21(25)18-11-9-17(10-12-18)13-19(22(26)29-2)15-24-20(23(27)30-3)14-16-7-5-4-6-8-16/h4-13,20,24H,14-15H2,1-3H3/b19-13+. The monoisotopic (exact) mass is 411 g/mol. The number of ether oxygens (including phenoxy) is 3. The highest BCUT2D eigenvalue weighted by atomic mass is 16.5. The van der Waals surface area contributed by atoms with Gasteiger partial charge in [-0.2, -0.15) is 0 Å². The molecule has 0 heterocycles. The van der Waals surface area contributed by atoms with Gasteiger partial charge < -0.3 is 14.2 Å². The Bertz CT molecular complexity index is 890. The molecular formula is C23H25NO6.